The molecule has 3 nitrogen and oxygen atoms in total. The zero-order valence-electron chi connectivity index (χ0n) is 12.3. The number of fused-ring (bicyclic) bond motifs is 1. The van der Waals surface area contributed by atoms with Gasteiger partial charge in [0.25, 0.3) is 0 Å². The van der Waals surface area contributed by atoms with Crippen molar-refractivity contribution in [2.45, 2.75) is 25.8 Å². The lowest BCUT2D eigenvalue weighted by molar-refractivity contribution is -0.119. The van der Waals surface area contributed by atoms with Gasteiger partial charge in [0.1, 0.15) is 6.04 Å². The van der Waals surface area contributed by atoms with E-state index in [9.17, 15) is 4.79 Å². The van der Waals surface area contributed by atoms with Crippen molar-refractivity contribution in [3.05, 3.63) is 60.2 Å². The Labute approximate surface area is 125 Å². The van der Waals surface area contributed by atoms with Gasteiger partial charge in [-0.15, -0.1) is 0 Å². The van der Waals surface area contributed by atoms with Crippen LogP contribution in [0.15, 0.2) is 54.6 Å². The highest BCUT2D eigenvalue weighted by atomic mass is 16.2. The van der Waals surface area contributed by atoms with Crippen LogP contribution in [0.3, 0.4) is 0 Å². The van der Waals surface area contributed by atoms with E-state index < -0.39 is 0 Å². The Balaban J connectivity index is 1.70. The van der Waals surface area contributed by atoms with Crippen LogP contribution >= 0.6 is 0 Å². The topological polar surface area (TPSA) is 32.3 Å². The maximum absolute atomic E-state index is 12.4. The van der Waals surface area contributed by atoms with E-state index in [-0.39, 0.29) is 11.9 Å². The van der Waals surface area contributed by atoms with Crippen molar-refractivity contribution < 1.29 is 4.79 Å². The smallest absolute Gasteiger partial charge is 0.249 e. The summed E-state index contributed by atoms with van der Waals surface area (Å²) in [6, 6.07) is 18.3. The fraction of sp³-hybridized carbons (Fsp3) is 0.278. The average molecular weight is 280 g/mol. The summed E-state index contributed by atoms with van der Waals surface area (Å²) in [5.74, 6) is 0.154. The van der Waals surface area contributed by atoms with Crippen molar-refractivity contribution in [1.29, 1.82) is 0 Å². The molecule has 0 bridgehead atoms. The van der Waals surface area contributed by atoms with Crippen molar-refractivity contribution >= 4 is 17.3 Å². The van der Waals surface area contributed by atoms with Crippen LogP contribution < -0.4 is 10.2 Å². The summed E-state index contributed by atoms with van der Waals surface area (Å²) in [7, 11) is 0. The Bertz CT molecular complexity index is 624. The molecule has 3 heteroatoms. The van der Waals surface area contributed by atoms with Gasteiger partial charge in [-0.2, -0.15) is 0 Å². The molecule has 1 atom stereocenters. The number of nitrogens with zero attached hydrogens (tertiary/aromatic N) is 1. The quantitative estimate of drug-likeness (QED) is 0.930. The van der Waals surface area contributed by atoms with Crippen molar-refractivity contribution in [3.63, 3.8) is 0 Å². The summed E-state index contributed by atoms with van der Waals surface area (Å²) >= 11 is 0. The molecule has 21 heavy (non-hydrogen) atoms. The van der Waals surface area contributed by atoms with E-state index in [1.165, 1.54) is 5.56 Å². The largest absolute Gasteiger partial charge is 0.372 e. The molecule has 0 saturated carbocycles. The maximum atomic E-state index is 12.4. The highest BCUT2D eigenvalue weighted by Gasteiger charge is 2.28. The predicted molar refractivity (Wildman–Crippen MR) is 86.6 cm³/mol. The second kappa shape index (κ2) is 6.00. The number of anilines is 2. The Morgan fingerprint density at radius 1 is 1.05 bits per heavy atom. The summed E-state index contributed by atoms with van der Waals surface area (Å²) in [6.45, 7) is 2.68. The number of carbonyl (C=O) groups is 1. The lowest BCUT2D eigenvalue weighted by Crippen LogP contribution is -2.46. The molecule has 0 saturated heterocycles. The minimum Gasteiger partial charge on any atom is -0.372 e. The molecule has 3 rings (SSSR count). The van der Waals surface area contributed by atoms with Gasteiger partial charge in [-0.25, -0.2) is 0 Å². The zero-order valence-corrected chi connectivity index (χ0v) is 12.3. The van der Waals surface area contributed by atoms with Crippen LogP contribution in [-0.4, -0.2) is 18.5 Å². The van der Waals surface area contributed by atoms with Crippen LogP contribution in [0.2, 0.25) is 0 Å². The number of rotatable bonds is 4. The number of aryl methyl sites for hydroxylation is 1. The third kappa shape index (κ3) is 2.92. The molecule has 108 valence electrons. The van der Waals surface area contributed by atoms with Crippen LogP contribution in [0.1, 0.15) is 18.9 Å². The van der Waals surface area contributed by atoms with Crippen molar-refractivity contribution in [2.75, 3.05) is 16.8 Å². The van der Waals surface area contributed by atoms with Crippen LogP contribution in [0.25, 0.3) is 0 Å². The number of benzene rings is 2. The van der Waals surface area contributed by atoms with Crippen LogP contribution in [0, 0.1) is 0 Å². The molecule has 0 radical (unpaired) electrons. The first-order valence-electron chi connectivity index (χ1n) is 7.46. The molecular weight excluding hydrogens is 260 g/mol. The molecule has 1 aliphatic heterocycles. The second-order valence-electron chi connectivity index (χ2n) is 5.46. The van der Waals surface area contributed by atoms with Crippen molar-refractivity contribution in [3.8, 4) is 0 Å². The van der Waals surface area contributed by atoms with Gasteiger partial charge in [0.2, 0.25) is 5.91 Å². The average Bonchev–Trinajstić information content (AvgIpc) is 2.52. The van der Waals surface area contributed by atoms with Gasteiger partial charge in [0.15, 0.2) is 0 Å². The third-order valence-corrected chi connectivity index (χ3v) is 3.89. The van der Waals surface area contributed by atoms with Gasteiger partial charge >= 0.3 is 0 Å². The number of amides is 1. The van der Waals surface area contributed by atoms with E-state index in [0.29, 0.717) is 0 Å². The number of nitrogens with one attached hydrogen (secondary N) is 1. The Kier molecular flexibility index (Phi) is 3.91. The summed E-state index contributed by atoms with van der Waals surface area (Å²) in [5, 5.41) is 3.26. The first-order valence-corrected chi connectivity index (χ1v) is 7.46. The third-order valence-electron chi connectivity index (χ3n) is 3.89. The SMILES string of the molecule is CC1Nc2ccccc2N(CCCc2ccccc2)C1=O. The van der Waals surface area contributed by atoms with Crippen LogP contribution in [0.4, 0.5) is 11.4 Å². The van der Waals surface area contributed by atoms with E-state index in [2.05, 4.69) is 29.6 Å². The predicted octanol–water partition coefficient (Wildman–Crippen LogP) is 3.47. The molecular formula is C18H20N2O. The molecule has 1 aliphatic rings. The summed E-state index contributed by atoms with van der Waals surface area (Å²) in [5.41, 5.74) is 3.36. The summed E-state index contributed by atoms with van der Waals surface area (Å²) in [6.07, 6.45) is 1.96. The fourth-order valence-electron chi connectivity index (χ4n) is 2.80. The molecule has 1 unspecified atom stereocenters. The highest BCUT2D eigenvalue weighted by Crippen LogP contribution is 2.31. The van der Waals surface area contributed by atoms with Crippen LogP contribution in [-0.2, 0) is 11.2 Å². The van der Waals surface area contributed by atoms with Gasteiger partial charge < -0.3 is 10.2 Å². The van der Waals surface area contributed by atoms with Gasteiger partial charge in [-0.05, 0) is 37.5 Å². The first kappa shape index (κ1) is 13.7. The van der Waals surface area contributed by atoms with E-state index >= 15 is 0 Å². The van der Waals surface area contributed by atoms with Crippen molar-refractivity contribution in [1.82, 2.24) is 0 Å². The molecule has 1 N–H and O–H groups in total. The maximum Gasteiger partial charge on any atom is 0.249 e. The van der Waals surface area contributed by atoms with Gasteiger partial charge in [-0.1, -0.05) is 42.5 Å². The van der Waals surface area contributed by atoms with E-state index in [1.807, 2.05) is 42.2 Å². The second-order valence-corrected chi connectivity index (χ2v) is 5.46. The Morgan fingerprint density at radius 3 is 2.57 bits per heavy atom. The normalized spacial score (nSPS) is 17.3. The van der Waals surface area contributed by atoms with Gasteiger partial charge in [0, 0.05) is 6.54 Å². The molecule has 0 aliphatic carbocycles. The Morgan fingerprint density at radius 2 is 1.76 bits per heavy atom. The minimum atomic E-state index is -0.156. The molecule has 0 aromatic heterocycles. The van der Waals surface area contributed by atoms with Gasteiger partial charge in [0.05, 0.1) is 11.4 Å². The summed E-state index contributed by atoms with van der Waals surface area (Å²) in [4.78, 5) is 14.3. The molecule has 1 heterocycles. The molecule has 2 aromatic carbocycles. The first-order chi connectivity index (χ1) is 10.3. The monoisotopic (exact) mass is 280 g/mol. The van der Waals surface area contributed by atoms with E-state index in [4.69, 9.17) is 0 Å². The van der Waals surface area contributed by atoms with Crippen LogP contribution in [0.5, 0.6) is 0 Å². The zero-order chi connectivity index (χ0) is 14.7. The molecule has 2 aromatic rings. The number of carbonyl (C=O) groups excluding carboxylic acids is 1. The lowest BCUT2D eigenvalue weighted by Gasteiger charge is -2.34. The minimum absolute atomic E-state index is 0.154. The molecule has 0 spiro atoms. The highest BCUT2D eigenvalue weighted by molar-refractivity contribution is 6.04. The number of hydrogen-bond donors (Lipinski definition) is 1. The molecule has 1 amide bonds. The van der Waals surface area contributed by atoms with E-state index in [1.54, 1.807) is 0 Å². The lowest BCUT2D eigenvalue weighted by atomic mass is 10.1. The molecule has 0 fully saturated rings. The number of hydrogen-bond acceptors (Lipinski definition) is 2. The standard InChI is InChI=1S/C18H20N2O/c1-14-18(21)20(17-12-6-5-11-16(17)19-14)13-7-10-15-8-3-2-4-9-15/h2-6,8-9,11-12,14,19H,7,10,13H2,1H3. The summed E-state index contributed by atoms with van der Waals surface area (Å²) < 4.78 is 0. The fourth-order valence-corrected chi connectivity index (χ4v) is 2.80. The Hall–Kier alpha value is -2.29. The van der Waals surface area contributed by atoms with Crippen molar-refractivity contribution in [2.24, 2.45) is 0 Å². The number of para-hydroxylation sites is 2. The van der Waals surface area contributed by atoms with E-state index in [0.717, 1.165) is 30.8 Å². The van der Waals surface area contributed by atoms with Gasteiger partial charge in [-0.3, -0.25) is 4.79 Å².